The summed E-state index contributed by atoms with van der Waals surface area (Å²) in [6.07, 6.45) is 3.82. The maximum atomic E-state index is 6.41. The van der Waals surface area contributed by atoms with Crippen molar-refractivity contribution in [2.24, 2.45) is 0 Å². The molecule has 0 fully saturated rings. The molecule has 0 atom stereocenters. The van der Waals surface area contributed by atoms with Crippen LogP contribution in [0.3, 0.4) is 0 Å². The van der Waals surface area contributed by atoms with Crippen molar-refractivity contribution < 1.29 is 4.74 Å². The van der Waals surface area contributed by atoms with Crippen LogP contribution in [0.15, 0.2) is 134 Å². The molecule has 0 saturated heterocycles. The molecule has 0 spiro atoms. The van der Waals surface area contributed by atoms with Gasteiger partial charge in [0, 0.05) is 16.4 Å². The maximum Gasteiger partial charge on any atom is 0.136 e. The third-order valence-corrected chi connectivity index (χ3v) is 10.2. The SMILES string of the molecule is C=Cc1cc2c3c(cc(-c4ccc5cc(-c6ccc7c(c6)C(C)(C)c6ccccc6-7)ccc5c4)cc3c1C=C)-c1ccccc1O2.CC. The molecule has 1 aliphatic carbocycles. The minimum Gasteiger partial charge on any atom is -0.456 e. The van der Waals surface area contributed by atoms with Gasteiger partial charge in [0.2, 0.25) is 0 Å². The molecule has 1 heterocycles. The molecule has 7 aromatic rings. The van der Waals surface area contributed by atoms with Crippen LogP contribution in [-0.2, 0) is 5.41 Å². The average Bonchev–Trinajstić information content (AvgIpc) is 3.37. The normalized spacial score (nSPS) is 13.1. The minimum atomic E-state index is -0.0157. The Balaban J connectivity index is 0.00000165. The van der Waals surface area contributed by atoms with Gasteiger partial charge in [-0.3, -0.25) is 0 Å². The molecular weight excluding hydrogens is 581 g/mol. The first-order valence-electron chi connectivity index (χ1n) is 16.9. The standard InChI is InChI=1S/C45H32O.C2H6/c1-5-27-26-43-44-38(34(27)6-2)23-33(24-39(44)37-12-8-10-14-42(37)46-43)31-18-17-28-21-30(16-15-29(28)22-31)32-19-20-36-35-11-7-9-13-40(35)45(3,4)41(36)25-32;1-2/h5-26H,1-2H2,3-4H3;1-2H3. The first-order valence-corrected chi connectivity index (χ1v) is 16.9. The number of benzene rings is 7. The van der Waals surface area contributed by atoms with Gasteiger partial charge in [-0.15, -0.1) is 0 Å². The predicted molar refractivity (Wildman–Crippen MR) is 207 cm³/mol. The molecule has 48 heavy (non-hydrogen) atoms. The molecule has 232 valence electrons. The van der Waals surface area contributed by atoms with Gasteiger partial charge in [0.25, 0.3) is 0 Å². The number of hydrogen-bond acceptors (Lipinski definition) is 1. The fourth-order valence-electron chi connectivity index (χ4n) is 7.81. The predicted octanol–water partition coefficient (Wildman–Crippen LogP) is 13.7. The molecule has 0 unspecified atom stereocenters. The van der Waals surface area contributed by atoms with Gasteiger partial charge < -0.3 is 4.74 Å². The minimum absolute atomic E-state index is 0.0157. The van der Waals surface area contributed by atoms with E-state index in [0.29, 0.717) is 0 Å². The number of ether oxygens (including phenoxy) is 1. The van der Waals surface area contributed by atoms with Crippen molar-refractivity contribution in [2.45, 2.75) is 33.1 Å². The van der Waals surface area contributed by atoms with E-state index in [1.165, 1.54) is 60.8 Å². The third-order valence-electron chi connectivity index (χ3n) is 10.2. The van der Waals surface area contributed by atoms with E-state index in [-0.39, 0.29) is 5.41 Å². The van der Waals surface area contributed by atoms with E-state index in [2.05, 4.69) is 136 Å². The Kier molecular flexibility index (Phi) is 6.96. The summed E-state index contributed by atoms with van der Waals surface area (Å²) in [6.45, 7) is 16.9. The number of rotatable bonds is 4. The molecule has 0 N–H and O–H groups in total. The lowest BCUT2D eigenvalue weighted by Crippen LogP contribution is -2.14. The van der Waals surface area contributed by atoms with Crippen molar-refractivity contribution in [2.75, 3.05) is 0 Å². The molecular formula is C47H38O. The van der Waals surface area contributed by atoms with E-state index >= 15 is 0 Å². The Hall–Kier alpha value is -5.66. The van der Waals surface area contributed by atoms with Crippen molar-refractivity contribution in [1.29, 1.82) is 0 Å². The quantitative estimate of drug-likeness (QED) is 0.191. The van der Waals surface area contributed by atoms with Gasteiger partial charge in [0.15, 0.2) is 0 Å². The molecule has 0 aromatic heterocycles. The molecule has 1 aliphatic heterocycles. The summed E-state index contributed by atoms with van der Waals surface area (Å²) in [7, 11) is 0. The highest BCUT2D eigenvalue weighted by atomic mass is 16.5. The molecule has 9 rings (SSSR count). The zero-order valence-electron chi connectivity index (χ0n) is 28.0. The van der Waals surface area contributed by atoms with Crippen LogP contribution < -0.4 is 4.74 Å². The number of para-hydroxylation sites is 1. The molecule has 1 heteroatoms. The van der Waals surface area contributed by atoms with Crippen molar-refractivity contribution in [3.63, 3.8) is 0 Å². The third kappa shape index (κ3) is 4.38. The van der Waals surface area contributed by atoms with Crippen LogP contribution in [0, 0.1) is 0 Å². The van der Waals surface area contributed by atoms with Gasteiger partial charge in [-0.1, -0.05) is 132 Å². The molecule has 0 radical (unpaired) electrons. The lowest BCUT2D eigenvalue weighted by atomic mass is 9.81. The van der Waals surface area contributed by atoms with Gasteiger partial charge in [-0.25, -0.2) is 0 Å². The second-order valence-electron chi connectivity index (χ2n) is 13.0. The lowest BCUT2D eigenvalue weighted by molar-refractivity contribution is 0.487. The van der Waals surface area contributed by atoms with Gasteiger partial charge in [0.05, 0.1) is 0 Å². The Morgan fingerprint density at radius 3 is 1.88 bits per heavy atom. The largest absolute Gasteiger partial charge is 0.456 e. The van der Waals surface area contributed by atoms with Gasteiger partial charge >= 0.3 is 0 Å². The van der Waals surface area contributed by atoms with Crippen LogP contribution in [0.4, 0.5) is 0 Å². The van der Waals surface area contributed by atoms with Crippen molar-refractivity contribution >= 4 is 33.7 Å². The van der Waals surface area contributed by atoms with Gasteiger partial charge in [-0.05, 0) is 120 Å². The zero-order chi connectivity index (χ0) is 33.2. The second-order valence-corrected chi connectivity index (χ2v) is 13.0. The zero-order valence-corrected chi connectivity index (χ0v) is 28.0. The second kappa shape index (κ2) is 11.2. The highest BCUT2D eigenvalue weighted by Crippen LogP contribution is 2.51. The summed E-state index contributed by atoms with van der Waals surface area (Å²) in [6, 6.07) is 44.4. The van der Waals surface area contributed by atoms with Gasteiger partial charge in [-0.2, -0.15) is 0 Å². The van der Waals surface area contributed by atoms with E-state index in [9.17, 15) is 0 Å². The summed E-state index contributed by atoms with van der Waals surface area (Å²) < 4.78 is 6.41. The molecule has 0 amide bonds. The Morgan fingerprint density at radius 1 is 0.521 bits per heavy atom. The highest BCUT2D eigenvalue weighted by Gasteiger charge is 2.35. The Labute approximate surface area is 283 Å². The van der Waals surface area contributed by atoms with E-state index < -0.39 is 0 Å². The first-order chi connectivity index (χ1) is 23.4. The topological polar surface area (TPSA) is 9.23 Å². The summed E-state index contributed by atoms with van der Waals surface area (Å²) in [5, 5.41) is 4.70. The number of hydrogen-bond donors (Lipinski definition) is 0. The monoisotopic (exact) mass is 618 g/mol. The van der Waals surface area contributed by atoms with Crippen LogP contribution in [0.2, 0.25) is 0 Å². The fourth-order valence-corrected chi connectivity index (χ4v) is 7.81. The van der Waals surface area contributed by atoms with E-state index in [1.54, 1.807) is 0 Å². The van der Waals surface area contributed by atoms with Crippen molar-refractivity contribution in [3.8, 4) is 56.0 Å². The molecule has 0 saturated carbocycles. The molecule has 7 aromatic carbocycles. The molecule has 2 aliphatic rings. The van der Waals surface area contributed by atoms with Crippen molar-refractivity contribution in [1.82, 2.24) is 0 Å². The smallest absolute Gasteiger partial charge is 0.136 e. The lowest BCUT2D eigenvalue weighted by Gasteiger charge is -2.24. The first kappa shape index (κ1) is 29.7. The summed E-state index contributed by atoms with van der Waals surface area (Å²) in [5.74, 6) is 1.74. The van der Waals surface area contributed by atoms with Gasteiger partial charge in [0.1, 0.15) is 11.5 Å². The van der Waals surface area contributed by atoms with Crippen LogP contribution in [0.1, 0.15) is 49.9 Å². The average molecular weight is 619 g/mol. The maximum absolute atomic E-state index is 6.41. The van der Waals surface area contributed by atoms with Crippen molar-refractivity contribution in [3.05, 3.63) is 157 Å². The fraction of sp³-hybridized carbons (Fsp3) is 0.106. The summed E-state index contributed by atoms with van der Waals surface area (Å²) >= 11 is 0. The van der Waals surface area contributed by atoms with E-state index in [1.807, 2.05) is 38.1 Å². The Morgan fingerprint density at radius 2 is 1.15 bits per heavy atom. The molecule has 0 bridgehead atoms. The van der Waals surface area contributed by atoms with E-state index in [4.69, 9.17) is 4.74 Å². The van der Waals surface area contributed by atoms with E-state index in [0.717, 1.165) is 39.0 Å². The molecule has 1 nitrogen and oxygen atoms in total. The summed E-state index contributed by atoms with van der Waals surface area (Å²) in [4.78, 5) is 0. The summed E-state index contributed by atoms with van der Waals surface area (Å²) in [5.41, 5.74) is 14.7. The van der Waals surface area contributed by atoms with Crippen LogP contribution in [-0.4, -0.2) is 0 Å². The number of fused-ring (bicyclic) bond motifs is 6. The Bertz CT molecular complexity index is 2460. The van der Waals surface area contributed by atoms with Crippen LogP contribution in [0.5, 0.6) is 11.5 Å². The van der Waals surface area contributed by atoms with Crippen LogP contribution >= 0.6 is 0 Å². The highest BCUT2D eigenvalue weighted by molar-refractivity contribution is 6.10. The van der Waals surface area contributed by atoms with Crippen LogP contribution in [0.25, 0.3) is 78.2 Å².